The normalized spacial score (nSPS) is 13.7. The van der Waals surface area contributed by atoms with Crippen molar-refractivity contribution in [2.45, 2.75) is 289 Å². The van der Waals surface area contributed by atoms with E-state index in [0.29, 0.717) is 12.8 Å². The molecule has 0 saturated carbocycles. The van der Waals surface area contributed by atoms with Crippen molar-refractivity contribution in [1.29, 1.82) is 0 Å². The molecule has 0 saturated heterocycles. The summed E-state index contributed by atoms with van der Waals surface area (Å²) in [6.07, 6.45) is 61.5. The molecule has 0 rings (SSSR count). The molecular formula is C53H101NO4. The third kappa shape index (κ3) is 42.7. The summed E-state index contributed by atoms with van der Waals surface area (Å²) in [4.78, 5) is 12.5. The van der Waals surface area contributed by atoms with Crippen LogP contribution in [0.2, 0.25) is 0 Å². The third-order valence-electron chi connectivity index (χ3n) is 11.9. The molecule has 3 unspecified atom stereocenters. The number of amides is 1. The number of rotatable bonds is 47. The van der Waals surface area contributed by atoms with Crippen molar-refractivity contribution in [3.63, 3.8) is 0 Å². The predicted octanol–water partition coefficient (Wildman–Crippen LogP) is 15.5. The van der Waals surface area contributed by atoms with Crippen molar-refractivity contribution in [1.82, 2.24) is 5.32 Å². The van der Waals surface area contributed by atoms with Crippen LogP contribution in [0.3, 0.4) is 0 Å². The van der Waals surface area contributed by atoms with Crippen LogP contribution in [0.1, 0.15) is 271 Å². The highest BCUT2D eigenvalue weighted by Crippen LogP contribution is 2.16. The van der Waals surface area contributed by atoms with Crippen molar-refractivity contribution in [2.75, 3.05) is 6.61 Å². The lowest BCUT2D eigenvalue weighted by molar-refractivity contribution is -0.124. The van der Waals surface area contributed by atoms with E-state index in [1.165, 1.54) is 199 Å². The van der Waals surface area contributed by atoms with E-state index in [-0.39, 0.29) is 12.5 Å². The van der Waals surface area contributed by atoms with E-state index in [0.717, 1.165) is 44.9 Å². The molecule has 0 bridgehead atoms. The standard InChI is InChI=1S/C53H101NO4/c1-3-5-7-9-11-13-15-17-19-20-21-22-23-24-25-26-27-28-29-30-31-32-33-34-36-38-40-42-44-46-48-52(57)54-50(49-55)53(58)51(56)47-45-43-41-39-37-35-18-16-14-12-10-8-6-4-2/h16,18,24-25,39,41,50-51,53,55-56,58H,3-15,17,19-23,26-38,40,42-49H2,1-2H3,(H,54,57)/b18-16+,25-24-,41-39+. The van der Waals surface area contributed by atoms with E-state index >= 15 is 0 Å². The van der Waals surface area contributed by atoms with Gasteiger partial charge >= 0.3 is 0 Å². The second kappa shape index (κ2) is 48.2. The molecule has 0 aromatic carbocycles. The first-order valence-corrected chi connectivity index (χ1v) is 25.8. The van der Waals surface area contributed by atoms with E-state index in [1.807, 2.05) is 0 Å². The Bertz CT molecular complexity index is 901. The monoisotopic (exact) mass is 816 g/mol. The molecule has 58 heavy (non-hydrogen) atoms. The quantitative estimate of drug-likeness (QED) is 0.0364. The van der Waals surface area contributed by atoms with Gasteiger partial charge in [0.05, 0.1) is 18.8 Å². The molecule has 1 amide bonds. The van der Waals surface area contributed by atoms with Crippen LogP contribution in [-0.4, -0.2) is 46.1 Å². The molecule has 0 aliphatic rings. The summed E-state index contributed by atoms with van der Waals surface area (Å²) < 4.78 is 0. The summed E-state index contributed by atoms with van der Waals surface area (Å²) in [7, 11) is 0. The predicted molar refractivity (Wildman–Crippen MR) is 254 cm³/mol. The zero-order valence-corrected chi connectivity index (χ0v) is 38.9. The zero-order chi connectivity index (χ0) is 42.3. The van der Waals surface area contributed by atoms with Crippen LogP contribution < -0.4 is 5.32 Å². The summed E-state index contributed by atoms with van der Waals surface area (Å²) in [6.45, 7) is 4.16. The van der Waals surface area contributed by atoms with Crippen LogP contribution in [-0.2, 0) is 4.79 Å². The maximum atomic E-state index is 12.5. The first kappa shape index (κ1) is 56.6. The van der Waals surface area contributed by atoms with Gasteiger partial charge in [0, 0.05) is 6.42 Å². The molecule has 5 heteroatoms. The number of nitrogens with one attached hydrogen (secondary N) is 1. The topological polar surface area (TPSA) is 89.8 Å². The van der Waals surface area contributed by atoms with Crippen molar-refractivity contribution < 1.29 is 20.1 Å². The van der Waals surface area contributed by atoms with Crippen LogP contribution in [0.4, 0.5) is 0 Å². The van der Waals surface area contributed by atoms with Crippen molar-refractivity contribution in [2.24, 2.45) is 0 Å². The Morgan fingerprint density at radius 1 is 0.414 bits per heavy atom. The largest absolute Gasteiger partial charge is 0.394 e. The van der Waals surface area contributed by atoms with Crippen molar-refractivity contribution >= 4 is 5.91 Å². The van der Waals surface area contributed by atoms with Crippen LogP contribution in [0.5, 0.6) is 0 Å². The highest BCUT2D eigenvalue weighted by atomic mass is 16.3. The van der Waals surface area contributed by atoms with Gasteiger partial charge in [-0.15, -0.1) is 0 Å². The minimum Gasteiger partial charge on any atom is -0.394 e. The average molecular weight is 816 g/mol. The maximum Gasteiger partial charge on any atom is 0.220 e. The molecule has 5 nitrogen and oxygen atoms in total. The number of hydrogen-bond acceptors (Lipinski definition) is 4. The minimum atomic E-state index is -1.17. The van der Waals surface area contributed by atoms with Gasteiger partial charge in [-0.3, -0.25) is 4.79 Å². The fourth-order valence-electron chi connectivity index (χ4n) is 7.94. The minimum absolute atomic E-state index is 0.157. The van der Waals surface area contributed by atoms with Crippen LogP contribution in [0, 0.1) is 0 Å². The number of hydrogen-bond donors (Lipinski definition) is 4. The van der Waals surface area contributed by atoms with E-state index in [2.05, 4.69) is 55.6 Å². The van der Waals surface area contributed by atoms with Gasteiger partial charge in [-0.2, -0.15) is 0 Å². The Morgan fingerprint density at radius 2 is 0.707 bits per heavy atom. The Balaban J connectivity index is 3.54. The number of allylic oxidation sites excluding steroid dienone is 6. The van der Waals surface area contributed by atoms with E-state index < -0.39 is 18.2 Å². The molecule has 0 heterocycles. The lowest BCUT2D eigenvalue weighted by atomic mass is 10.0. The van der Waals surface area contributed by atoms with E-state index in [4.69, 9.17) is 0 Å². The number of unbranched alkanes of at least 4 members (excludes halogenated alkanes) is 33. The summed E-state index contributed by atoms with van der Waals surface area (Å²) in [5.41, 5.74) is 0. The summed E-state index contributed by atoms with van der Waals surface area (Å²) >= 11 is 0. The molecule has 3 atom stereocenters. The molecule has 0 aliphatic heterocycles. The number of carbonyl (C=O) groups excluding carboxylic acids is 1. The zero-order valence-electron chi connectivity index (χ0n) is 38.9. The Kier molecular flexibility index (Phi) is 47.0. The first-order valence-electron chi connectivity index (χ1n) is 25.8. The number of aliphatic hydroxyl groups is 3. The Morgan fingerprint density at radius 3 is 1.05 bits per heavy atom. The Hall–Kier alpha value is -1.43. The number of aliphatic hydroxyl groups excluding tert-OH is 3. The molecule has 0 fully saturated rings. The summed E-state index contributed by atoms with van der Waals surface area (Å²) in [6, 6.07) is -0.831. The van der Waals surface area contributed by atoms with Gasteiger partial charge in [0.2, 0.25) is 5.91 Å². The van der Waals surface area contributed by atoms with Gasteiger partial charge in [0.15, 0.2) is 0 Å². The summed E-state index contributed by atoms with van der Waals surface area (Å²) in [5.74, 6) is -0.157. The fourth-order valence-corrected chi connectivity index (χ4v) is 7.94. The van der Waals surface area contributed by atoms with Gasteiger partial charge in [-0.25, -0.2) is 0 Å². The first-order chi connectivity index (χ1) is 28.6. The van der Waals surface area contributed by atoms with Crippen molar-refractivity contribution in [3.05, 3.63) is 36.5 Å². The Labute approximate surface area is 362 Å². The van der Waals surface area contributed by atoms with Gasteiger partial charge in [0.1, 0.15) is 6.10 Å². The SMILES string of the molecule is CCCCCCC/C=C/CC/C=C/CCCC(O)C(O)C(CO)NC(=O)CCCCCCCCCCCCCCCC/C=C\CCCCCCCCCCCCCC. The smallest absolute Gasteiger partial charge is 0.220 e. The van der Waals surface area contributed by atoms with Crippen LogP contribution in [0.15, 0.2) is 36.5 Å². The molecule has 0 aliphatic carbocycles. The highest BCUT2D eigenvalue weighted by molar-refractivity contribution is 5.76. The highest BCUT2D eigenvalue weighted by Gasteiger charge is 2.26. The maximum absolute atomic E-state index is 12.5. The molecule has 0 aromatic heterocycles. The molecule has 342 valence electrons. The van der Waals surface area contributed by atoms with Gasteiger partial charge < -0.3 is 20.6 Å². The van der Waals surface area contributed by atoms with E-state index in [1.54, 1.807) is 0 Å². The average Bonchev–Trinajstić information content (AvgIpc) is 3.23. The molecule has 0 spiro atoms. The lowest BCUT2D eigenvalue weighted by Gasteiger charge is -2.26. The van der Waals surface area contributed by atoms with E-state index in [9.17, 15) is 20.1 Å². The molecular weight excluding hydrogens is 715 g/mol. The molecule has 0 radical (unpaired) electrons. The second-order valence-corrected chi connectivity index (χ2v) is 17.7. The fraction of sp³-hybridized carbons (Fsp3) is 0.868. The van der Waals surface area contributed by atoms with Crippen LogP contribution in [0.25, 0.3) is 0 Å². The van der Waals surface area contributed by atoms with Crippen molar-refractivity contribution in [3.8, 4) is 0 Å². The molecule has 0 aromatic rings. The van der Waals surface area contributed by atoms with Crippen LogP contribution >= 0.6 is 0 Å². The number of carbonyl (C=O) groups is 1. The van der Waals surface area contributed by atoms with Gasteiger partial charge in [0.25, 0.3) is 0 Å². The lowest BCUT2D eigenvalue weighted by Crippen LogP contribution is -2.50. The molecule has 4 N–H and O–H groups in total. The summed E-state index contributed by atoms with van der Waals surface area (Å²) in [5, 5.41) is 33.5. The third-order valence-corrected chi connectivity index (χ3v) is 11.9. The van der Waals surface area contributed by atoms with Gasteiger partial charge in [-0.1, -0.05) is 224 Å². The van der Waals surface area contributed by atoms with Gasteiger partial charge in [-0.05, 0) is 77.0 Å². The second-order valence-electron chi connectivity index (χ2n) is 17.7.